The van der Waals surface area contributed by atoms with Crippen LogP contribution in [0.15, 0.2) is 47.5 Å². The Hall–Kier alpha value is -2.56. The minimum atomic E-state index is -4.04. The molecule has 0 N–H and O–H groups in total. The number of nitrogens with zero attached hydrogens (tertiary/aromatic N) is 4. The topological polar surface area (TPSA) is 114 Å². The lowest BCUT2D eigenvalue weighted by molar-refractivity contribution is -0.387. The van der Waals surface area contributed by atoms with Gasteiger partial charge in [-0.25, -0.2) is 13.4 Å². The maximum Gasteiger partial charge on any atom is 0.289 e. The summed E-state index contributed by atoms with van der Waals surface area (Å²) >= 11 is 5.94. The molecule has 3 rings (SSSR count). The molecule has 0 saturated carbocycles. The third kappa shape index (κ3) is 3.77. The fraction of sp³-hybridized carbons (Fsp3) is 0.250. The van der Waals surface area contributed by atoms with Crippen LogP contribution < -0.4 is 0 Å². The van der Waals surface area contributed by atoms with Crippen molar-refractivity contribution in [3.8, 4) is 0 Å². The van der Waals surface area contributed by atoms with Crippen LogP contribution in [0.25, 0.3) is 0 Å². The molecule has 0 atom stereocenters. The Morgan fingerprint density at radius 3 is 2.41 bits per heavy atom. The number of rotatable bonds is 4. The first-order chi connectivity index (χ1) is 12.8. The minimum Gasteiger partial charge on any atom is -0.336 e. The number of nitro benzene ring substituents is 1. The molecule has 1 fully saturated rings. The van der Waals surface area contributed by atoms with Gasteiger partial charge in [0.15, 0.2) is 4.90 Å². The van der Waals surface area contributed by atoms with Crippen molar-refractivity contribution in [2.45, 2.75) is 4.90 Å². The smallest absolute Gasteiger partial charge is 0.289 e. The first-order valence-electron chi connectivity index (χ1n) is 7.95. The Bertz CT molecular complexity index is 990. The van der Waals surface area contributed by atoms with Gasteiger partial charge in [-0.15, -0.1) is 0 Å². The molecular formula is C16H15ClN4O5S. The van der Waals surface area contributed by atoms with Crippen LogP contribution in [0.5, 0.6) is 0 Å². The number of hydrogen-bond acceptors (Lipinski definition) is 6. The van der Waals surface area contributed by atoms with Crippen LogP contribution in [0.1, 0.15) is 10.4 Å². The van der Waals surface area contributed by atoms with Gasteiger partial charge in [-0.05, 0) is 18.2 Å². The number of nitro groups is 1. The third-order valence-corrected chi connectivity index (χ3v) is 6.44. The number of carbonyl (C=O) groups excluding carboxylic acids is 1. The molecule has 27 heavy (non-hydrogen) atoms. The molecule has 11 heteroatoms. The van der Waals surface area contributed by atoms with Crippen LogP contribution in [0.4, 0.5) is 5.69 Å². The first-order valence-corrected chi connectivity index (χ1v) is 9.77. The van der Waals surface area contributed by atoms with Crippen molar-refractivity contribution in [1.82, 2.24) is 14.2 Å². The zero-order valence-corrected chi connectivity index (χ0v) is 15.6. The van der Waals surface area contributed by atoms with E-state index in [0.29, 0.717) is 0 Å². The van der Waals surface area contributed by atoms with Gasteiger partial charge in [0.25, 0.3) is 11.6 Å². The van der Waals surface area contributed by atoms with Gasteiger partial charge < -0.3 is 4.90 Å². The van der Waals surface area contributed by atoms with Gasteiger partial charge in [0.1, 0.15) is 5.15 Å². The second-order valence-corrected chi connectivity index (χ2v) is 8.03. The standard InChI is InChI=1S/C16H15ClN4O5S/c17-15-12(4-3-7-18-15)16(22)19-8-10-20(11-9-19)27(25,26)14-6-2-1-5-13(14)21(23)24/h1-7H,8-11H2. The van der Waals surface area contributed by atoms with E-state index in [1.165, 1.54) is 29.3 Å². The number of benzene rings is 1. The van der Waals surface area contributed by atoms with E-state index in [0.717, 1.165) is 10.4 Å². The number of para-hydroxylation sites is 1. The quantitative estimate of drug-likeness (QED) is 0.431. The monoisotopic (exact) mass is 410 g/mol. The molecule has 0 spiro atoms. The first kappa shape index (κ1) is 19.2. The number of carbonyl (C=O) groups is 1. The van der Waals surface area contributed by atoms with Crippen LogP contribution in [-0.2, 0) is 10.0 Å². The lowest BCUT2D eigenvalue weighted by Crippen LogP contribution is -2.50. The van der Waals surface area contributed by atoms with Crippen molar-refractivity contribution in [2.75, 3.05) is 26.2 Å². The van der Waals surface area contributed by atoms with Crippen LogP contribution in [0.3, 0.4) is 0 Å². The Labute approximate surface area is 160 Å². The summed E-state index contributed by atoms with van der Waals surface area (Å²) < 4.78 is 26.7. The summed E-state index contributed by atoms with van der Waals surface area (Å²) in [7, 11) is -4.04. The summed E-state index contributed by atoms with van der Waals surface area (Å²) in [5.41, 5.74) is -0.229. The summed E-state index contributed by atoms with van der Waals surface area (Å²) in [5.74, 6) is -0.337. The molecule has 1 aromatic heterocycles. The van der Waals surface area contributed by atoms with Crippen molar-refractivity contribution in [2.24, 2.45) is 0 Å². The number of hydrogen-bond donors (Lipinski definition) is 0. The van der Waals surface area contributed by atoms with Gasteiger partial charge in [0.05, 0.1) is 10.5 Å². The molecular weight excluding hydrogens is 396 g/mol. The molecule has 9 nitrogen and oxygen atoms in total. The van der Waals surface area contributed by atoms with E-state index < -0.39 is 20.6 Å². The molecule has 1 saturated heterocycles. The van der Waals surface area contributed by atoms with E-state index in [1.807, 2.05) is 0 Å². The summed E-state index contributed by atoms with van der Waals surface area (Å²) in [6.45, 7) is 0.337. The molecule has 0 radical (unpaired) electrons. The lowest BCUT2D eigenvalue weighted by atomic mass is 10.2. The maximum atomic E-state index is 12.8. The zero-order valence-electron chi connectivity index (χ0n) is 14.0. The minimum absolute atomic E-state index is 0.0258. The second kappa shape index (κ2) is 7.59. The average Bonchev–Trinajstić information content (AvgIpc) is 2.68. The van der Waals surface area contributed by atoms with Crippen LogP contribution in [0, 0.1) is 10.1 Å². The molecule has 1 aliphatic heterocycles. The molecule has 1 amide bonds. The normalized spacial score (nSPS) is 15.5. The predicted octanol–water partition coefficient (Wildman–Crippen LogP) is 1.79. The van der Waals surface area contributed by atoms with Crippen molar-refractivity contribution in [1.29, 1.82) is 0 Å². The number of sulfonamides is 1. The maximum absolute atomic E-state index is 12.8. The van der Waals surface area contributed by atoms with E-state index in [2.05, 4.69) is 4.98 Å². The van der Waals surface area contributed by atoms with Gasteiger partial charge in [0, 0.05) is 38.4 Å². The van der Waals surface area contributed by atoms with Crippen LogP contribution >= 0.6 is 11.6 Å². The summed E-state index contributed by atoms with van der Waals surface area (Å²) in [6.07, 6.45) is 1.47. The molecule has 142 valence electrons. The third-order valence-electron chi connectivity index (χ3n) is 4.20. The van der Waals surface area contributed by atoms with Crippen molar-refractivity contribution in [3.05, 3.63) is 63.4 Å². The Balaban J connectivity index is 1.77. The summed E-state index contributed by atoms with van der Waals surface area (Å²) in [5, 5.41) is 11.2. The highest BCUT2D eigenvalue weighted by molar-refractivity contribution is 7.89. The lowest BCUT2D eigenvalue weighted by Gasteiger charge is -2.34. The number of piperazine rings is 1. The zero-order chi connectivity index (χ0) is 19.6. The highest BCUT2D eigenvalue weighted by atomic mass is 35.5. The molecule has 0 bridgehead atoms. The van der Waals surface area contributed by atoms with E-state index in [4.69, 9.17) is 11.6 Å². The largest absolute Gasteiger partial charge is 0.336 e. The fourth-order valence-electron chi connectivity index (χ4n) is 2.81. The van der Waals surface area contributed by atoms with E-state index in [9.17, 15) is 23.3 Å². The molecule has 0 unspecified atom stereocenters. The Kier molecular flexibility index (Phi) is 5.40. The van der Waals surface area contributed by atoms with Gasteiger partial charge >= 0.3 is 0 Å². The number of amides is 1. The summed E-state index contributed by atoms with van der Waals surface area (Å²) in [4.78, 5) is 27.9. The molecule has 1 aromatic carbocycles. The second-order valence-electron chi connectivity index (χ2n) is 5.76. The highest BCUT2D eigenvalue weighted by Gasteiger charge is 2.34. The number of aromatic nitrogens is 1. The van der Waals surface area contributed by atoms with Crippen molar-refractivity contribution >= 4 is 33.2 Å². The van der Waals surface area contributed by atoms with Crippen LogP contribution in [0.2, 0.25) is 5.15 Å². The number of pyridine rings is 1. The van der Waals surface area contributed by atoms with Gasteiger partial charge in [-0.3, -0.25) is 14.9 Å². The highest BCUT2D eigenvalue weighted by Crippen LogP contribution is 2.27. The molecule has 2 aromatic rings. The molecule has 0 aliphatic carbocycles. The average molecular weight is 411 g/mol. The van der Waals surface area contributed by atoms with E-state index >= 15 is 0 Å². The summed E-state index contributed by atoms with van der Waals surface area (Å²) in [6, 6.07) is 8.34. The van der Waals surface area contributed by atoms with E-state index in [1.54, 1.807) is 12.1 Å². The SMILES string of the molecule is O=C(c1cccnc1Cl)N1CCN(S(=O)(=O)c2ccccc2[N+](=O)[O-])CC1. The van der Waals surface area contributed by atoms with Gasteiger partial charge in [0.2, 0.25) is 10.0 Å². The van der Waals surface area contributed by atoms with Crippen molar-refractivity contribution in [3.63, 3.8) is 0 Å². The Morgan fingerprint density at radius 2 is 1.78 bits per heavy atom. The molecule has 2 heterocycles. The van der Waals surface area contributed by atoms with Crippen molar-refractivity contribution < 1.29 is 18.1 Å². The van der Waals surface area contributed by atoms with Gasteiger partial charge in [-0.2, -0.15) is 4.31 Å². The van der Waals surface area contributed by atoms with E-state index in [-0.39, 0.29) is 47.7 Å². The van der Waals surface area contributed by atoms with Gasteiger partial charge in [-0.1, -0.05) is 23.7 Å². The molecule has 1 aliphatic rings. The van der Waals surface area contributed by atoms with Crippen LogP contribution in [-0.4, -0.2) is 59.6 Å². The number of halogens is 1. The Morgan fingerprint density at radius 1 is 1.11 bits per heavy atom. The fourth-order valence-corrected chi connectivity index (χ4v) is 4.59. The predicted molar refractivity (Wildman–Crippen MR) is 97.0 cm³/mol.